The van der Waals surface area contributed by atoms with Crippen molar-refractivity contribution in [3.63, 3.8) is 0 Å². The predicted molar refractivity (Wildman–Crippen MR) is 86.0 cm³/mol. The summed E-state index contributed by atoms with van der Waals surface area (Å²) < 4.78 is 0.856. The molecule has 2 rings (SSSR count). The van der Waals surface area contributed by atoms with Crippen LogP contribution in [0.15, 0.2) is 52.0 Å². The number of thioether (sulfide) groups is 1. The van der Waals surface area contributed by atoms with Crippen LogP contribution < -0.4 is 5.32 Å². The minimum absolute atomic E-state index is 0.0520. The molecule has 1 N–H and O–H groups in total. The normalized spacial score (nSPS) is 11.9. The second kappa shape index (κ2) is 6.90. The lowest BCUT2D eigenvalue weighted by Crippen LogP contribution is -2.27. The molecule has 20 heavy (non-hydrogen) atoms. The molecule has 1 aromatic carbocycles. The molecule has 0 fully saturated rings. The van der Waals surface area contributed by atoms with Crippen molar-refractivity contribution >= 4 is 33.6 Å². The number of carbonyl (C=O) groups excluding carboxylic acids is 1. The van der Waals surface area contributed by atoms with E-state index in [1.54, 1.807) is 30.1 Å². The van der Waals surface area contributed by atoms with Gasteiger partial charge < -0.3 is 5.32 Å². The Labute approximate surface area is 131 Å². The number of nitrogens with zero attached hydrogens (tertiary/aromatic N) is 1. The predicted octanol–water partition coefficient (Wildman–Crippen LogP) is 4.06. The van der Waals surface area contributed by atoms with Gasteiger partial charge >= 0.3 is 0 Å². The highest BCUT2D eigenvalue weighted by atomic mass is 79.9. The maximum atomic E-state index is 12.1. The van der Waals surface area contributed by atoms with Gasteiger partial charge in [0.25, 0.3) is 5.91 Å². The Morgan fingerprint density at radius 2 is 1.95 bits per heavy atom. The number of rotatable bonds is 4. The van der Waals surface area contributed by atoms with Crippen LogP contribution in [0.25, 0.3) is 0 Å². The number of halogens is 1. The number of nitrogens with one attached hydrogen (secondary N) is 1. The molecule has 5 heteroatoms. The van der Waals surface area contributed by atoms with E-state index in [1.165, 1.54) is 4.90 Å². The maximum absolute atomic E-state index is 12.1. The van der Waals surface area contributed by atoms with Gasteiger partial charge in [-0.15, -0.1) is 11.8 Å². The first-order valence-corrected chi connectivity index (χ1v) is 8.18. The van der Waals surface area contributed by atoms with E-state index in [0.717, 1.165) is 10.0 Å². The number of aromatic nitrogens is 1. The van der Waals surface area contributed by atoms with Gasteiger partial charge in [-0.05, 0) is 58.9 Å². The zero-order chi connectivity index (χ0) is 14.5. The molecule has 0 aliphatic carbocycles. The highest BCUT2D eigenvalue weighted by Gasteiger charge is 2.12. The Hall–Kier alpha value is -1.33. The van der Waals surface area contributed by atoms with Crippen molar-refractivity contribution < 1.29 is 4.79 Å². The standard InChI is InChI=1S/C15H15BrN2OS/c1-10(11-3-6-13(20-2)7-4-11)18-15(19)14-8-5-12(16)9-17-14/h3-10H,1-2H3,(H,18,19). The SMILES string of the molecule is CSc1ccc(C(C)NC(=O)c2ccc(Br)cn2)cc1. The minimum Gasteiger partial charge on any atom is -0.344 e. The van der Waals surface area contributed by atoms with Crippen molar-refractivity contribution in [1.82, 2.24) is 10.3 Å². The smallest absolute Gasteiger partial charge is 0.270 e. The fourth-order valence-corrected chi connectivity index (χ4v) is 2.40. The molecule has 0 saturated carbocycles. The van der Waals surface area contributed by atoms with Gasteiger partial charge in [0.15, 0.2) is 0 Å². The Morgan fingerprint density at radius 3 is 2.50 bits per heavy atom. The third-order valence-electron chi connectivity index (χ3n) is 2.92. The fraction of sp³-hybridized carbons (Fsp3) is 0.200. The van der Waals surface area contributed by atoms with Gasteiger partial charge in [0.05, 0.1) is 6.04 Å². The van der Waals surface area contributed by atoms with Gasteiger partial charge in [-0.25, -0.2) is 4.98 Å². The topological polar surface area (TPSA) is 42.0 Å². The molecule has 0 bridgehead atoms. The molecule has 2 aromatic rings. The fourth-order valence-electron chi connectivity index (χ4n) is 1.76. The average molecular weight is 351 g/mol. The van der Waals surface area contributed by atoms with Crippen LogP contribution in [0.3, 0.4) is 0 Å². The van der Waals surface area contributed by atoms with Crippen LogP contribution in [0.5, 0.6) is 0 Å². The molecule has 1 atom stereocenters. The van der Waals surface area contributed by atoms with Gasteiger partial charge in [0, 0.05) is 15.6 Å². The summed E-state index contributed by atoms with van der Waals surface area (Å²) in [5, 5.41) is 2.95. The van der Waals surface area contributed by atoms with Gasteiger partial charge in [-0.3, -0.25) is 4.79 Å². The number of benzene rings is 1. The van der Waals surface area contributed by atoms with Crippen molar-refractivity contribution in [2.75, 3.05) is 6.26 Å². The first-order valence-electron chi connectivity index (χ1n) is 6.16. The summed E-state index contributed by atoms with van der Waals surface area (Å²) in [4.78, 5) is 17.4. The number of pyridine rings is 1. The largest absolute Gasteiger partial charge is 0.344 e. The summed E-state index contributed by atoms with van der Waals surface area (Å²) in [5.41, 5.74) is 1.49. The summed E-state index contributed by atoms with van der Waals surface area (Å²) in [7, 11) is 0. The molecule has 3 nitrogen and oxygen atoms in total. The zero-order valence-corrected chi connectivity index (χ0v) is 13.7. The van der Waals surface area contributed by atoms with E-state index < -0.39 is 0 Å². The summed E-state index contributed by atoms with van der Waals surface area (Å²) in [6.45, 7) is 1.96. The molecule has 0 radical (unpaired) electrons. The zero-order valence-electron chi connectivity index (χ0n) is 11.3. The molecule has 0 aliphatic heterocycles. The monoisotopic (exact) mass is 350 g/mol. The number of carbonyl (C=O) groups is 1. The van der Waals surface area contributed by atoms with Crippen LogP contribution in [-0.4, -0.2) is 17.1 Å². The summed E-state index contributed by atoms with van der Waals surface area (Å²) in [6, 6.07) is 11.6. The number of amides is 1. The lowest BCUT2D eigenvalue weighted by atomic mass is 10.1. The highest BCUT2D eigenvalue weighted by molar-refractivity contribution is 9.10. The maximum Gasteiger partial charge on any atom is 0.270 e. The quantitative estimate of drug-likeness (QED) is 0.845. The first-order chi connectivity index (χ1) is 9.60. The van der Waals surface area contributed by atoms with Gasteiger partial charge in [0.2, 0.25) is 0 Å². The second-order valence-corrected chi connectivity index (χ2v) is 6.13. The Kier molecular flexibility index (Phi) is 5.20. The van der Waals surface area contributed by atoms with Crippen LogP contribution >= 0.6 is 27.7 Å². The lowest BCUT2D eigenvalue weighted by Gasteiger charge is -2.14. The van der Waals surface area contributed by atoms with E-state index >= 15 is 0 Å². The molecule has 1 amide bonds. The molecule has 0 aliphatic rings. The molecular formula is C15H15BrN2OS. The van der Waals surface area contributed by atoms with E-state index in [0.29, 0.717) is 5.69 Å². The van der Waals surface area contributed by atoms with Gasteiger partial charge in [-0.1, -0.05) is 12.1 Å². The molecule has 104 valence electrons. The Morgan fingerprint density at radius 1 is 1.25 bits per heavy atom. The molecule has 1 heterocycles. The lowest BCUT2D eigenvalue weighted by molar-refractivity contribution is 0.0935. The summed E-state index contributed by atoms with van der Waals surface area (Å²) in [6.07, 6.45) is 3.66. The van der Waals surface area contributed by atoms with Crippen molar-refractivity contribution in [1.29, 1.82) is 0 Å². The Bertz CT molecular complexity index is 584. The number of hydrogen-bond donors (Lipinski definition) is 1. The van der Waals surface area contributed by atoms with E-state index in [1.807, 2.05) is 25.3 Å². The van der Waals surface area contributed by atoms with Crippen LogP contribution in [-0.2, 0) is 0 Å². The van der Waals surface area contributed by atoms with E-state index in [-0.39, 0.29) is 11.9 Å². The van der Waals surface area contributed by atoms with Crippen LogP contribution in [0.1, 0.15) is 29.0 Å². The van der Waals surface area contributed by atoms with Crippen molar-refractivity contribution in [2.24, 2.45) is 0 Å². The molecule has 1 aromatic heterocycles. The second-order valence-electron chi connectivity index (χ2n) is 4.33. The molecule has 0 saturated heterocycles. The average Bonchev–Trinajstić information content (AvgIpc) is 2.48. The van der Waals surface area contributed by atoms with Crippen molar-refractivity contribution in [3.05, 3.63) is 58.3 Å². The van der Waals surface area contributed by atoms with Crippen molar-refractivity contribution in [2.45, 2.75) is 17.9 Å². The van der Waals surface area contributed by atoms with Gasteiger partial charge in [-0.2, -0.15) is 0 Å². The van der Waals surface area contributed by atoms with Crippen LogP contribution in [0.4, 0.5) is 0 Å². The van der Waals surface area contributed by atoms with E-state index in [2.05, 4.69) is 38.4 Å². The third kappa shape index (κ3) is 3.84. The van der Waals surface area contributed by atoms with Crippen LogP contribution in [0.2, 0.25) is 0 Å². The van der Waals surface area contributed by atoms with Crippen molar-refractivity contribution in [3.8, 4) is 0 Å². The Balaban J connectivity index is 2.04. The first kappa shape index (κ1) is 15.1. The van der Waals surface area contributed by atoms with Gasteiger partial charge in [0.1, 0.15) is 5.69 Å². The minimum atomic E-state index is -0.168. The third-order valence-corrected chi connectivity index (χ3v) is 4.14. The summed E-state index contributed by atoms with van der Waals surface area (Å²) >= 11 is 5.00. The van der Waals surface area contributed by atoms with E-state index in [9.17, 15) is 4.79 Å². The summed E-state index contributed by atoms with van der Waals surface area (Å²) in [5.74, 6) is -0.168. The number of hydrogen-bond acceptors (Lipinski definition) is 3. The molecular weight excluding hydrogens is 336 g/mol. The molecule has 0 spiro atoms. The molecule has 1 unspecified atom stereocenters. The van der Waals surface area contributed by atoms with Crippen LogP contribution in [0, 0.1) is 0 Å². The highest BCUT2D eigenvalue weighted by Crippen LogP contribution is 2.19. The van der Waals surface area contributed by atoms with E-state index in [4.69, 9.17) is 0 Å².